The van der Waals surface area contributed by atoms with Crippen molar-refractivity contribution in [3.63, 3.8) is 0 Å². The number of nitrogens with zero attached hydrogens (tertiary/aromatic N) is 1. The molecule has 0 atom stereocenters. The first-order valence-electron chi connectivity index (χ1n) is 8.35. The van der Waals surface area contributed by atoms with Crippen LogP contribution in [0.4, 0.5) is 5.69 Å². The van der Waals surface area contributed by atoms with E-state index in [2.05, 4.69) is 5.32 Å². The highest BCUT2D eigenvalue weighted by Crippen LogP contribution is 2.32. The van der Waals surface area contributed by atoms with E-state index < -0.39 is 10.0 Å². The largest absolute Gasteiger partial charge is 0.482 e. The van der Waals surface area contributed by atoms with Gasteiger partial charge in [-0.3, -0.25) is 4.79 Å². The maximum atomic E-state index is 12.9. The fourth-order valence-electron chi connectivity index (χ4n) is 3.15. The number of amides is 1. The molecule has 2 aliphatic heterocycles. The van der Waals surface area contributed by atoms with Crippen molar-refractivity contribution in [2.75, 3.05) is 25.0 Å². The van der Waals surface area contributed by atoms with E-state index in [1.807, 2.05) is 36.4 Å². The molecule has 0 spiro atoms. The number of nitrogens with one attached hydrogen (secondary N) is 1. The summed E-state index contributed by atoms with van der Waals surface area (Å²) < 4.78 is 32.6. The maximum Gasteiger partial charge on any atom is 0.262 e. The van der Waals surface area contributed by atoms with Gasteiger partial charge < -0.3 is 10.1 Å². The SMILES string of the molecule is O=C1COc2ccc(S(=O)(=O)N3CC=C(c4ccccc4)CC3)cc2N1. The van der Waals surface area contributed by atoms with Crippen LogP contribution >= 0.6 is 0 Å². The molecule has 2 heterocycles. The van der Waals surface area contributed by atoms with Crippen molar-refractivity contribution in [2.45, 2.75) is 11.3 Å². The highest BCUT2D eigenvalue weighted by molar-refractivity contribution is 7.89. The predicted molar refractivity (Wildman–Crippen MR) is 98.4 cm³/mol. The van der Waals surface area contributed by atoms with E-state index in [1.165, 1.54) is 16.4 Å². The average Bonchev–Trinajstić information content (AvgIpc) is 2.68. The molecule has 2 aromatic carbocycles. The van der Waals surface area contributed by atoms with Gasteiger partial charge >= 0.3 is 0 Å². The van der Waals surface area contributed by atoms with Gasteiger partial charge in [0.2, 0.25) is 10.0 Å². The van der Waals surface area contributed by atoms with Crippen LogP contribution in [0, 0.1) is 0 Å². The van der Waals surface area contributed by atoms with Crippen molar-refractivity contribution >= 4 is 27.2 Å². The van der Waals surface area contributed by atoms with E-state index in [4.69, 9.17) is 4.74 Å². The first-order valence-corrected chi connectivity index (χ1v) is 9.79. The lowest BCUT2D eigenvalue weighted by Gasteiger charge is -2.26. The summed E-state index contributed by atoms with van der Waals surface area (Å²) in [6, 6.07) is 14.5. The highest BCUT2D eigenvalue weighted by atomic mass is 32.2. The zero-order chi connectivity index (χ0) is 18.1. The molecule has 0 unspecified atom stereocenters. The second-order valence-corrected chi connectivity index (χ2v) is 8.14. The summed E-state index contributed by atoms with van der Waals surface area (Å²) in [6.07, 6.45) is 2.62. The van der Waals surface area contributed by atoms with Crippen LogP contribution in [-0.4, -0.2) is 38.3 Å². The Morgan fingerprint density at radius 3 is 2.62 bits per heavy atom. The Hall–Kier alpha value is -2.64. The van der Waals surface area contributed by atoms with Crippen LogP contribution in [0.1, 0.15) is 12.0 Å². The van der Waals surface area contributed by atoms with Crippen molar-refractivity contribution in [1.29, 1.82) is 0 Å². The second kappa shape index (κ2) is 6.59. The molecule has 4 rings (SSSR count). The van der Waals surface area contributed by atoms with E-state index in [-0.39, 0.29) is 17.4 Å². The number of hydrogen-bond donors (Lipinski definition) is 1. The molecule has 2 aliphatic rings. The zero-order valence-corrected chi connectivity index (χ0v) is 14.8. The lowest BCUT2D eigenvalue weighted by atomic mass is 10.0. The van der Waals surface area contributed by atoms with Crippen LogP contribution in [0.5, 0.6) is 5.75 Å². The van der Waals surface area contributed by atoms with Gasteiger partial charge in [-0.2, -0.15) is 4.31 Å². The molecule has 0 bridgehead atoms. The van der Waals surface area contributed by atoms with Crippen molar-refractivity contribution in [2.24, 2.45) is 0 Å². The van der Waals surface area contributed by atoms with Gasteiger partial charge in [0, 0.05) is 13.1 Å². The predicted octanol–water partition coefficient (Wildman–Crippen LogP) is 2.50. The summed E-state index contributed by atoms with van der Waals surface area (Å²) >= 11 is 0. The number of carbonyl (C=O) groups excluding carboxylic acids is 1. The van der Waals surface area contributed by atoms with Gasteiger partial charge in [0.25, 0.3) is 5.91 Å². The molecule has 0 saturated heterocycles. The quantitative estimate of drug-likeness (QED) is 0.901. The molecule has 134 valence electrons. The summed E-state index contributed by atoms with van der Waals surface area (Å²) in [6.45, 7) is 0.688. The Morgan fingerprint density at radius 1 is 1.08 bits per heavy atom. The number of anilines is 1. The topological polar surface area (TPSA) is 75.7 Å². The third kappa shape index (κ3) is 3.11. The summed E-state index contributed by atoms with van der Waals surface area (Å²) in [7, 11) is -3.64. The molecule has 26 heavy (non-hydrogen) atoms. The smallest absolute Gasteiger partial charge is 0.262 e. The Balaban J connectivity index is 1.57. The molecule has 7 heteroatoms. The molecule has 0 fully saturated rings. The van der Waals surface area contributed by atoms with Crippen molar-refractivity contribution < 1.29 is 17.9 Å². The van der Waals surface area contributed by atoms with Crippen LogP contribution in [0.3, 0.4) is 0 Å². The minimum atomic E-state index is -3.64. The lowest BCUT2D eigenvalue weighted by Crippen LogP contribution is -2.35. The van der Waals surface area contributed by atoms with Crippen LogP contribution in [0.15, 0.2) is 59.5 Å². The summed E-state index contributed by atoms with van der Waals surface area (Å²) in [5.74, 6) is 0.189. The molecule has 1 N–H and O–H groups in total. The van der Waals surface area contributed by atoms with E-state index in [1.54, 1.807) is 6.07 Å². The Labute approximate surface area is 152 Å². The molecule has 0 aromatic heterocycles. The summed E-state index contributed by atoms with van der Waals surface area (Å²) in [5, 5.41) is 2.65. The van der Waals surface area contributed by atoms with Gasteiger partial charge in [0.15, 0.2) is 6.61 Å². The van der Waals surface area contributed by atoms with Crippen LogP contribution in [-0.2, 0) is 14.8 Å². The number of benzene rings is 2. The number of carbonyl (C=O) groups is 1. The number of ether oxygens (including phenoxy) is 1. The van der Waals surface area contributed by atoms with E-state index in [0.717, 1.165) is 11.1 Å². The summed E-state index contributed by atoms with van der Waals surface area (Å²) in [4.78, 5) is 11.6. The Bertz CT molecular complexity index is 984. The van der Waals surface area contributed by atoms with Gasteiger partial charge in [-0.25, -0.2) is 8.42 Å². The molecule has 0 saturated carbocycles. The fourth-order valence-corrected chi connectivity index (χ4v) is 4.56. The number of hydrogen-bond acceptors (Lipinski definition) is 4. The van der Waals surface area contributed by atoms with Crippen LogP contribution in [0.2, 0.25) is 0 Å². The molecule has 2 aromatic rings. The van der Waals surface area contributed by atoms with Gasteiger partial charge in [0.05, 0.1) is 10.6 Å². The minimum absolute atomic E-state index is 0.0573. The standard InChI is InChI=1S/C19H18N2O4S/c22-19-13-25-18-7-6-16(12-17(18)20-19)26(23,24)21-10-8-15(9-11-21)14-4-2-1-3-5-14/h1-8,12H,9-11,13H2,(H,20,22). The Morgan fingerprint density at radius 2 is 1.88 bits per heavy atom. The lowest BCUT2D eigenvalue weighted by molar-refractivity contribution is -0.118. The van der Waals surface area contributed by atoms with Gasteiger partial charge in [-0.05, 0) is 35.8 Å². The Kier molecular flexibility index (Phi) is 4.26. The summed E-state index contributed by atoms with van der Waals surface area (Å²) in [5.41, 5.74) is 2.67. The van der Waals surface area contributed by atoms with Gasteiger partial charge in [-0.15, -0.1) is 0 Å². The number of sulfonamides is 1. The van der Waals surface area contributed by atoms with E-state index in [9.17, 15) is 13.2 Å². The molecule has 0 radical (unpaired) electrons. The van der Waals surface area contributed by atoms with E-state index in [0.29, 0.717) is 30.9 Å². The first kappa shape index (κ1) is 16.8. The van der Waals surface area contributed by atoms with E-state index >= 15 is 0 Å². The van der Waals surface area contributed by atoms with Crippen LogP contribution in [0.25, 0.3) is 5.57 Å². The highest BCUT2D eigenvalue weighted by Gasteiger charge is 2.28. The monoisotopic (exact) mass is 370 g/mol. The maximum absolute atomic E-state index is 12.9. The van der Waals surface area contributed by atoms with Crippen molar-refractivity contribution in [3.8, 4) is 5.75 Å². The zero-order valence-electron chi connectivity index (χ0n) is 14.0. The molecule has 6 nitrogen and oxygen atoms in total. The average molecular weight is 370 g/mol. The number of fused-ring (bicyclic) bond motifs is 1. The fraction of sp³-hybridized carbons (Fsp3) is 0.211. The molecule has 1 amide bonds. The van der Waals surface area contributed by atoms with Gasteiger partial charge in [-0.1, -0.05) is 36.4 Å². The molecular formula is C19H18N2O4S. The molecule has 0 aliphatic carbocycles. The molecular weight excluding hydrogens is 352 g/mol. The third-order valence-corrected chi connectivity index (χ3v) is 6.40. The van der Waals surface area contributed by atoms with Crippen molar-refractivity contribution in [1.82, 2.24) is 4.31 Å². The second-order valence-electron chi connectivity index (χ2n) is 6.20. The first-order chi connectivity index (χ1) is 12.5. The minimum Gasteiger partial charge on any atom is -0.482 e. The third-order valence-electron chi connectivity index (χ3n) is 4.54. The number of rotatable bonds is 3. The normalized spacial score (nSPS) is 17.7. The van der Waals surface area contributed by atoms with Gasteiger partial charge in [0.1, 0.15) is 5.75 Å². The van der Waals surface area contributed by atoms with Crippen molar-refractivity contribution in [3.05, 3.63) is 60.2 Å². The van der Waals surface area contributed by atoms with Crippen LogP contribution < -0.4 is 10.1 Å².